The van der Waals surface area contributed by atoms with Gasteiger partial charge in [-0.2, -0.15) is 0 Å². The molecule has 1 heterocycles. The van der Waals surface area contributed by atoms with Gasteiger partial charge in [0.2, 0.25) is 0 Å². The van der Waals surface area contributed by atoms with E-state index in [1.807, 2.05) is 25.1 Å². The van der Waals surface area contributed by atoms with Gasteiger partial charge in [0, 0.05) is 31.8 Å². The largest absolute Gasteiger partial charge is 0.454 e. The topological polar surface area (TPSA) is 29.5 Å². The molecule has 0 amide bonds. The molecular weight excluding hydrogens is 274 g/mol. The molecule has 3 nitrogen and oxygen atoms in total. The van der Waals surface area contributed by atoms with Crippen LogP contribution >= 0.6 is 12.4 Å². The van der Waals surface area contributed by atoms with E-state index in [0.717, 1.165) is 25.1 Å². The lowest BCUT2D eigenvalue weighted by Gasteiger charge is -2.45. The molecule has 112 valence electrons. The molecule has 1 fully saturated rings. The van der Waals surface area contributed by atoms with Crippen molar-refractivity contribution in [3.63, 3.8) is 0 Å². The van der Waals surface area contributed by atoms with E-state index >= 15 is 0 Å². The minimum absolute atomic E-state index is 0. The van der Waals surface area contributed by atoms with E-state index in [9.17, 15) is 4.79 Å². The van der Waals surface area contributed by atoms with E-state index in [4.69, 9.17) is 4.74 Å². The monoisotopic (exact) mass is 297 g/mol. The highest BCUT2D eigenvalue weighted by atomic mass is 35.5. The number of esters is 1. The van der Waals surface area contributed by atoms with Gasteiger partial charge in [-0.05, 0) is 12.6 Å². The number of rotatable bonds is 3. The molecule has 4 heteroatoms. The maximum absolute atomic E-state index is 11.8. The Bertz CT molecular complexity index is 437. The third-order valence-corrected chi connectivity index (χ3v) is 4.09. The number of hydrogen-bond donors (Lipinski definition) is 0. The van der Waals surface area contributed by atoms with E-state index in [1.165, 1.54) is 0 Å². The van der Waals surface area contributed by atoms with Crippen LogP contribution in [0.1, 0.15) is 32.3 Å². The fourth-order valence-corrected chi connectivity index (χ4v) is 2.94. The van der Waals surface area contributed by atoms with Crippen LogP contribution < -0.4 is 0 Å². The number of hydrogen-bond acceptors (Lipinski definition) is 3. The number of ether oxygens (including phenoxy) is 1. The quantitative estimate of drug-likeness (QED) is 0.802. The average molecular weight is 298 g/mol. The lowest BCUT2D eigenvalue weighted by Crippen LogP contribution is -2.50. The van der Waals surface area contributed by atoms with E-state index in [0.29, 0.717) is 12.3 Å². The summed E-state index contributed by atoms with van der Waals surface area (Å²) < 4.78 is 5.91. The van der Waals surface area contributed by atoms with Gasteiger partial charge < -0.3 is 9.64 Å². The number of piperidine rings is 1. The normalized spacial score (nSPS) is 26.6. The summed E-state index contributed by atoms with van der Waals surface area (Å²) in [7, 11) is 2.12. The van der Waals surface area contributed by atoms with E-state index in [-0.39, 0.29) is 18.4 Å². The highest BCUT2D eigenvalue weighted by Gasteiger charge is 2.44. The second-order valence-corrected chi connectivity index (χ2v) is 5.50. The Balaban J connectivity index is 0.00000200. The first-order valence-electron chi connectivity index (χ1n) is 7.04. The first-order valence-corrected chi connectivity index (χ1v) is 7.04. The van der Waals surface area contributed by atoms with Crippen molar-refractivity contribution in [2.45, 2.75) is 32.3 Å². The molecule has 0 bridgehead atoms. The molecule has 1 aromatic rings. The zero-order valence-corrected chi connectivity index (χ0v) is 13.3. The van der Waals surface area contributed by atoms with Crippen molar-refractivity contribution in [1.29, 1.82) is 0 Å². The van der Waals surface area contributed by atoms with E-state index < -0.39 is 5.60 Å². The second-order valence-electron chi connectivity index (χ2n) is 5.50. The maximum atomic E-state index is 11.8. The molecule has 0 unspecified atom stereocenters. The Morgan fingerprint density at radius 2 is 2.05 bits per heavy atom. The number of likely N-dealkylation sites (tertiary alicyclic amines) is 1. The van der Waals surface area contributed by atoms with Crippen LogP contribution in [0.4, 0.5) is 0 Å². The summed E-state index contributed by atoms with van der Waals surface area (Å²) in [5.74, 6) is 0.185. The third kappa shape index (κ3) is 3.33. The molecule has 0 saturated carbocycles. The van der Waals surface area contributed by atoms with Crippen molar-refractivity contribution in [2.75, 3.05) is 20.1 Å². The average Bonchev–Trinajstić information content (AvgIpc) is 2.43. The van der Waals surface area contributed by atoms with E-state index in [2.05, 4.69) is 31.0 Å². The van der Waals surface area contributed by atoms with Crippen LogP contribution in [0.3, 0.4) is 0 Å². The van der Waals surface area contributed by atoms with Crippen LogP contribution in [-0.4, -0.2) is 31.0 Å². The Hall–Kier alpha value is -1.06. The van der Waals surface area contributed by atoms with Crippen molar-refractivity contribution < 1.29 is 9.53 Å². The summed E-state index contributed by atoms with van der Waals surface area (Å²) in [4.78, 5) is 14.1. The van der Waals surface area contributed by atoms with Crippen LogP contribution in [0.15, 0.2) is 30.3 Å². The van der Waals surface area contributed by atoms with Crippen molar-refractivity contribution >= 4 is 18.4 Å². The fraction of sp³-hybridized carbons (Fsp3) is 0.562. The summed E-state index contributed by atoms with van der Waals surface area (Å²) >= 11 is 0. The molecule has 1 aromatic carbocycles. The summed E-state index contributed by atoms with van der Waals surface area (Å²) in [6, 6.07) is 10.2. The minimum atomic E-state index is -0.457. The molecule has 1 aliphatic rings. The highest BCUT2D eigenvalue weighted by Crippen LogP contribution is 2.40. The van der Waals surface area contributed by atoms with Crippen LogP contribution in [-0.2, 0) is 15.1 Å². The second kappa shape index (κ2) is 7.09. The lowest BCUT2D eigenvalue weighted by atomic mass is 9.76. The number of carbonyl (C=O) groups excluding carboxylic acids is 1. The number of carbonyl (C=O) groups is 1. The van der Waals surface area contributed by atoms with Crippen molar-refractivity contribution in [1.82, 2.24) is 4.90 Å². The SMILES string of the molecule is CCC(=O)O[C@@]1(c2ccccc2)CCN(C)C[C@H]1C.Cl. The first kappa shape index (κ1) is 17.0. The lowest BCUT2D eigenvalue weighted by molar-refractivity contribution is -0.174. The van der Waals surface area contributed by atoms with Gasteiger partial charge in [-0.3, -0.25) is 4.79 Å². The van der Waals surface area contributed by atoms with Gasteiger partial charge in [0.15, 0.2) is 0 Å². The van der Waals surface area contributed by atoms with Gasteiger partial charge in [0.1, 0.15) is 5.60 Å². The Kier molecular flexibility index (Phi) is 6.03. The molecule has 0 aliphatic carbocycles. The molecule has 2 atom stereocenters. The third-order valence-electron chi connectivity index (χ3n) is 4.09. The van der Waals surface area contributed by atoms with Crippen molar-refractivity contribution in [3.05, 3.63) is 35.9 Å². The molecule has 20 heavy (non-hydrogen) atoms. The van der Waals surface area contributed by atoms with Crippen LogP contribution in [0.5, 0.6) is 0 Å². The summed E-state index contributed by atoms with van der Waals surface area (Å²) in [5, 5.41) is 0. The van der Waals surface area contributed by atoms with Gasteiger partial charge in [-0.1, -0.05) is 44.2 Å². The zero-order chi connectivity index (χ0) is 13.9. The Labute approximate surface area is 127 Å². The standard InChI is InChI=1S/C16H23NO2.ClH/c1-4-15(18)19-16(14-8-6-5-7-9-14)10-11-17(3)12-13(16)2;/h5-9,13H,4,10-12H2,1-3H3;1H/t13-,16+;/m1./s1. The van der Waals surface area contributed by atoms with Gasteiger partial charge >= 0.3 is 5.97 Å². The predicted molar refractivity (Wildman–Crippen MR) is 83.0 cm³/mol. The highest BCUT2D eigenvalue weighted by molar-refractivity contribution is 5.85. The molecule has 0 spiro atoms. The number of benzene rings is 1. The van der Waals surface area contributed by atoms with Gasteiger partial charge in [0.05, 0.1) is 0 Å². The van der Waals surface area contributed by atoms with Crippen molar-refractivity contribution in [3.8, 4) is 0 Å². The molecule has 0 N–H and O–H groups in total. The number of nitrogens with zero attached hydrogens (tertiary/aromatic N) is 1. The summed E-state index contributed by atoms with van der Waals surface area (Å²) in [5.41, 5.74) is 0.665. The van der Waals surface area contributed by atoms with Gasteiger partial charge in [-0.15, -0.1) is 12.4 Å². The van der Waals surface area contributed by atoms with Crippen molar-refractivity contribution in [2.24, 2.45) is 5.92 Å². The predicted octanol–water partition coefficient (Wildman–Crippen LogP) is 3.23. The zero-order valence-electron chi connectivity index (χ0n) is 12.5. The van der Waals surface area contributed by atoms with Gasteiger partial charge in [0.25, 0.3) is 0 Å². The minimum Gasteiger partial charge on any atom is -0.454 e. The van der Waals surface area contributed by atoms with E-state index in [1.54, 1.807) is 0 Å². The van der Waals surface area contributed by atoms with Crippen LogP contribution in [0.25, 0.3) is 0 Å². The number of halogens is 1. The molecule has 2 rings (SSSR count). The fourth-order valence-electron chi connectivity index (χ4n) is 2.94. The van der Waals surface area contributed by atoms with Crippen LogP contribution in [0.2, 0.25) is 0 Å². The maximum Gasteiger partial charge on any atom is 0.306 e. The molecule has 0 radical (unpaired) electrons. The Morgan fingerprint density at radius 1 is 1.40 bits per heavy atom. The van der Waals surface area contributed by atoms with Crippen LogP contribution in [0, 0.1) is 5.92 Å². The molecular formula is C16H24ClNO2. The Morgan fingerprint density at radius 3 is 2.60 bits per heavy atom. The summed E-state index contributed by atoms with van der Waals surface area (Å²) in [6.45, 7) is 5.92. The molecule has 1 saturated heterocycles. The molecule has 0 aromatic heterocycles. The summed E-state index contributed by atoms with van der Waals surface area (Å²) in [6.07, 6.45) is 1.29. The van der Waals surface area contributed by atoms with Gasteiger partial charge in [-0.25, -0.2) is 0 Å². The molecule has 1 aliphatic heterocycles. The first-order chi connectivity index (χ1) is 9.08. The smallest absolute Gasteiger partial charge is 0.306 e.